The molecule has 0 bridgehead atoms. The summed E-state index contributed by atoms with van der Waals surface area (Å²) in [5, 5.41) is 15.0. The molecule has 3 rings (SSSR count). The molecular weight excluding hydrogens is 314 g/mol. The minimum absolute atomic E-state index is 0.0406. The van der Waals surface area contributed by atoms with E-state index in [0.717, 1.165) is 0 Å². The Morgan fingerprint density at radius 1 is 1.42 bits per heavy atom. The molecule has 1 spiro atoms. The molecule has 1 atom stereocenters. The van der Waals surface area contributed by atoms with Crippen molar-refractivity contribution in [3.63, 3.8) is 0 Å². The molecule has 0 aliphatic carbocycles. The smallest absolute Gasteiger partial charge is 0.309 e. The van der Waals surface area contributed by atoms with Crippen molar-refractivity contribution in [2.45, 2.75) is 31.3 Å². The van der Waals surface area contributed by atoms with Gasteiger partial charge in [0.15, 0.2) is 0 Å². The molecule has 0 unspecified atom stereocenters. The molecule has 2 aliphatic rings. The predicted octanol–water partition coefficient (Wildman–Crippen LogP) is -0.0489. The molecule has 3 N–H and O–H groups in total. The lowest BCUT2D eigenvalue weighted by Crippen LogP contribution is -2.56. The maximum Gasteiger partial charge on any atom is 0.309 e. The van der Waals surface area contributed by atoms with E-state index in [1.165, 1.54) is 0 Å². The SMILES string of the molecule is O=C(CN1CCC2(CC1)NC(=O)C[C@H]2C(=O)O)NCc1ccco1. The number of carboxylic acids is 1. The van der Waals surface area contributed by atoms with Gasteiger partial charge in [0.25, 0.3) is 0 Å². The summed E-state index contributed by atoms with van der Waals surface area (Å²) in [6.07, 6.45) is 2.68. The molecule has 3 heterocycles. The van der Waals surface area contributed by atoms with Crippen molar-refractivity contribution in [2.75, 3.05) is 19.6 Å². The fourth-order valence-electron chi connectivity index (χ4n) is 3.56. The van der Waals surface area contributed by atoms with Gasteiger partial charge >= 0.3 is 5.97 Å². The van der Waals surface area contributed by atoms with Gasteiger partial charge in [-0.3, -0.25) is 19.3 Å². The first-order valence-corrected chi connectivity index (χ1v) is 8.04. The second-order valence-corrected chi connectivity index (χ2v) is 6.43. The Labute approximate surface area is 139 Å². The Morgan fingerprint density at radius 3 is 2.79 bits per heavy atom. The van der Waals surface area contributed by atoms with Crippen LogP contribution in [0, 0.1) is 5.92 Å². The molecule has 2 aliphatic heterocycles. The maximum absolute atomic E-state index is 12.0. The van der Waals surface area contributed by atoms with Crippen LogP contribution in [-0.4, -0.2) is 53.0 Å². The van der Waals surface area contributed by atoms with Crippen LogP contribution in [0.3, 0.4) is 0 Å². The number of nitrogens with zero attached hydrogens (tertiary/aromatic N) is 1. The summed E-state index contributed by atoms with van der Waals surface area (Å²) in [5.74, 6) is -1.23. The van der Waals surface area contributed by atoms with Gasteiger partial charge in [0.2, 0.25) is 11.8 Å². The van der Waals surface area contributed by atoms with E-state index in [2.05, 4.69) is 10.6 Å². The predicted molar refractivity (Wildman–Crippen MR) is 82.8 cm³/mol. The summed E-state index contributed by atoms with van der Waals surface area (Å²) in [6.45, 7) is 1.76. The van der Waals surface area contributed by atoms with E-state index >= 15 is 0 Å². The number of hydrogen-bond donors (Lipinski definition) is 3. The third kappa shape index (κ3) is 3.43. The number of rotatable bonds is 5. The highest BCUT2D eigenvalue weighted by molar-refractivity contribution is 5.88. The molecular formula is C16H21N3O5. The molecule has 130 valence electrons. The number of carbonyl (C=O) groups is 3. The monoisotopic (exact) mass is 335 g/mol. The van der Waals surface area contributed by atoms with Gasteiger partial charge in [0.05, 0.1) is 30.8 Å². The van der Waals surface area contributed by atoms with Crippen molar-refractivity contribution in [1.82, 2.24) is 15.5 Å². The van der Waals surface area contributed by atoms with E-state index in [1.54, 1.807) is 18.4 Å². The van der Waals surface area contributed by atoms with Crippen molar-refractivity contribution < 1.29 is 23.9 Å². The number of carbonyl (C=O) groups excluding carboxylic acids is 2. The molecule has 1 aromatic rings. The Balaban J connectivity index is 1.49. The van der Waals surface area contributed by atoms with Crippen LogP contribution in [0.4, 0.5) is 0 Å². The van der Waals surface area contributed by atoms with Gasteiger partial charge in [-0.2, -0.15) is 0 Å². The molecule has 0 aromatic carbocycles. The summed E-state index contributed by atoms with van der Waals surface area (Å²) in [6, 6.07) is 3.56. The van der Waals surface area contributed by atoms with E-state index in [4.69, 9.17) is 4.42 Å². The lowest BCUT2D eigenvalue weighted by molar-refractivity contribution is -0.145. The molecule has 2 amide bonds. The molecule has 1 aromatic heterocycles. The van der Waals surface area contributed by atoms with Crippen LogP contribution in [0.2, 0.25) is 0 Å². The van der Waals surface area contributed by atoms with Crippen LogP contribution < -0.4 is 10.6 Å². The average Bonchev–Trinajstić information content (AvgIpc) is 3.16. The van der Waals surface area contributed by atoms with E-state index in [9.17, 15) is 19.5 Å². The van der Waals surface area contributed by atoms with E-state index in [0.29, 0.717) is 38.2 Å². The quantitative estimate of drug-likeness (QED) is 0.696. The van der Waals surface area contributed by atoms with Crippen LogP contribution >= 0.6 is 0 Å². The molecule has 0 radical (unpaired) electrons. The number of furan rings is 1. The van der Waals surface area contributed by atoms with Gasteiger partial charge in [-0.25, -0.2) is 0 Å². The Morgan fingerprint density at radius 2 is 2.17 bits per heavy atom. The zero-order valence-corrected chi connectivity index (χ0v) is 13.3. The summed E-state index contributed by atoms with van der Waals surface area (Å²) < 4.78 is 5.16. The second-order valence-electron chi connectivity index (χ2n) is 6.43. The lowest BCUT2D eigenvalue weighted by Gasteiger charge is -2.41. The van der Waals surface area contributed by atoms with Crippen LogP contribution in [0.1, 0.15) is 25.0 Å². The fraction of sp³-hybridized carbons (Fsp3) is 0.562. The number of aliphatic carboxylic acids is 1. The van der Waals surface area contributed by atoms with Crippen molar-refractivity contribution in [3.05, 3.63) is 24.2 Å². The van der Waals surface area contributed by atoms with Gasteiger partial charge < -0.3 is 20.2 Å². The van der Waals surface area contributed by atoms with E-state index in [1.807, 2.05) is 4.90 Å². The van der Waals surface area contributed by atoms with Crippen molar-refractivity contribution in [1.29, 1.82) is 0 Å². The van der Waals surface area contributed by atoms with Gasteiger partial charge in [-0.1, -0.05) is 0 Å². The summed E-state index contributed by atoms with van der Waals surface area (Å²) >= 11 is 0. The Hall–Kier alpha value is -2.35. The van der Waals surface area contributed by atoms with Gasteiger partial charge in [-0.05, 0) is 25.0 Å². The number of likely N-dealkylation sites (tertiary alicyclic amines) is 1. The highest BCUT2D eigenvalue weighted by Gasteiger charge is 2.51. The molecule has 24 heavy (non-hydrogen) atoms. The number of nitrogens with one attached hydrogen (secondary N) is 2. The second kappa shape index (κ2) is 6.64. The molecule has 0 saturated carbocycles. The first-order valence-electron chi connectivity index (χ1n) is 8.04. The number of piperidine rings is 1. The van der Waals surface area contributed by atoms with Crippen LogP contribution in [-0.2, 0) is 20.9 Å². The molecule has 2 saturated heterocycles. The highest BCUT2D eigenvalue weighted by Crippen LogP contribution is 2.36. The topological polar surface area (TPSA) is 112 Å². The lowest BCUT2D eigenvalue weighted by atomic mass is 9.78. The first kappa shape index (κ1) is 16.5. The minimum atomic E-state index is -0.932. The third-order valence-corrected chi connectivity index (χ3v) is 4.90. The first-order chi connectivity index (χ1) is 11.5. The summed E-state index contributed by atoms with van der Waals surface area (Å²) in [4.78, 5) is 37.0. The van der Waals surface area contributed by atoms with Crippen LogP contribution in [0.25, 0.3) is 0 Å². The normalized spacial score (nSPS) is 23.2. The highest BCUT2D eigenvalue weighted by atomic mass is 16.4. The van der Waals surface area contributed by atoms with E-state index < -0.39 is 17.4 Å². The molecule has 8 heteroatoms. The maximum atomic E-state index is 12.0. The minimum Gasteiger partial charge on any atom is -0.481 e. The summed E-state index contributed by atoms with van der Waals surface area (Å²) in [7, 11) is 0. The zero-order chi connectivity index (χ0) is 17.2. The molecule has 8 nitrogen and oxygen atoms in total. The molecule has 2 fully saturated rings. The Kier molecular flexibility index (Phi) is 4.57. The zero-order valence-electron chi connectivity index (χ0n) is 13.3. The van der Waals surface area contributed by atoms with Crippen molar-refractivity contribution in [3.8, 4) is 0 Å². The number of hydrogen-bond acceptors (Lipinski definition) is 5. The van der Waals surface area contributed by atoms with Gasteiger partial charge in [0.1, 0.15) is 5.76 Å². The standard InChI is InChI=1S/C16H21N3O5/c20-13-8-12(15(22)23)16(18-13)3-5-19(6-4-16)10-14(21)17-9-11-2-1-7-24-11/h1-2,7,12H,3-6,8-10H2,(H,17,21)(H,18,20)(H,22,23)/t12-/m0/s1. The van der Waals surface area contributed by atoms with Crippen LogP contribution in [0.15, 0.2) is 22.8 Å². The third-order valence-electron chi connectivity index (χ3n) is 4.90. The van der Waals surface area contributed by atoms with Gasteiger partial charge in [0, 0.05) is 19.5 Å². The van der Waals surface area contributed by atoms with Crippen molar-refractivity contribution >= 4 is 17.8 Å². The Bertz CT molecular complexity index is 620. The number of carboxylic acid groups (broad SMARTS) is 1. The van der Waals surface area contributed by atoms with E-state index in [-0.39, 0.29) is 24.8 Å². The fourth-order valence-corrected chi connectivity index (χ4v) is 3.56. The average molecular weight is 335 g/mol. The largest absolute Gasteiger partial charge is 0.481 e. The van der Waals surface area contributed by atoms with Crippen molar-refractivity contribution in [2.24, 2.45) is 5.92 Å². The summed E-state index contributed by atoms with van der Waals surface area (Å²) in [5.41, 5.74) is -0.663. The van der Waals surface area contributed by atoms with Gasteiger partial charge in [-0.15, -0.1) is 0 Å². The van der Waals surface area contributed by atoms with Crippen LogP contribution in [0.5, 0.6) is 0 Å². The number of amides is 2.